The average molecular weight is 412 g/mol. The fourth-order valence-corrected chi connectivity index (χ4v) is 3.21. The molecule has 0 fully saturated rings. The number of methoxy groups -OCH3 is 1. The largest absolute Gasteiger partial charge is 0.383 e. The highest BCUT2D eigenvalue weighted by Crippen LogP contribution is 2.19. The summed E-state index contributed by atoms with van der Waals surface area (Å²) in [5, 5.41) is 10.9. The first kappa shape index (κ1) is 21.6. The van der Waals surface area contributed by atoms with Gasteiger partial charge in [0.25, 0.3) is 0 Å². The van der Waals surface area contributed by atoms with Gasteiger partial charge >= 0.3 is 0 Å². The number of aromatic nitrogens is 1. The van der Waals surface area contributed by atoms with Crippen molar-refractivity contribution in [2.24, 2.45) is 4.99 Å². The Morgan fingerprint density at radius 2 is 1.93 bits per heavy atom. The molecule has 0 bridgehead atoms. The van der Waals surface area contributed by atoms with E-state index >= 15 is 0 Å². The van der Waals surface area contributed by atoms with E-state index in [1.165, 1.54) is 6.07 Å². The van der Waals surface area contributed by atoms with Gasteiger partial charge in [-0.05, 0) is 54.8 Å². The van der Waals surface area contributed by atoms with Crippen LogP contribution in [0, 0.1) is 5.82 Å². The molecule has 160 valence electrons. The summed E-state index contributed by atoms with van der Waals surface area (Å²) < 4.78 is 18.6. The predicted octanol–water partition coefficient (Wildman–Crippen LogP) is 3.66. The van der Waals surface area contributed by atoms with Crippen LogP contribution in [0.25, 0.3) is 10.9 Å². The monoisotopic (exact) mass is 411 g/mol. The van der Waals surface area contributed by atoms with Crippen LogP contribution in [0.1, 0.15) is 18.1 Å². The number of hydrogen-bond acceptors (Lipinski definition) is 3. The van der Waals surface area contributed by atoms with Crippen molar-refractivity contribution in [1.29, 1.82) is 0 Å². The van der Waals surface area contributed by atoms with Crippen LogP contribution in [-0.4, -0.2) is 44.3 Å². The number of benzene rings is 2. The van der Waals surface area contributed by atoms with E-state index in [0.29, 0.717) is 19.7 Å². The molecule has 6 nitrogen and oxygen atoms in total. The van der Waals surface area contributed by atoms with Gasteiger partial charge in [0, 0.05) is 49.5 Å². The zero-order valence-electron chi connectivity index (χ0n) is 17.6. The van der Waals surface area contributed by atoms with E-state index in [1.807, 2.05) is 13.1 Å². The Hall–Kier alpha value is -3.06. The van der Waals surface area contributed by atoms with Crippen molar-refractivity contribution < 1.29 is 9.13 Å². The minimum atomic E-state index is -0.217. The van der Waals surface area contributed by atoms with Crippen LogP contribution < -0.4 is 16.0 Å². The molecule has 3 aromatic rings. The predicted molar refractivity (Wildman–Crippen MR) is 122 cm³/mol. The number of nitrogens with one attached hydrogen (secondary N) is 4. The van der Waals surface area contributed by atoms with Gasteiger partial charge in [0.05, 0.1) is 13.2 Å². The molecule has 0 aliphatic rings. The van der Waals surface area contributed by atoms with Crippen molar-refractivity contribution in [3.63, 3.8) is 0 Å². The van der Waals surface area contributed by atoms with Gasteiger partial charge < -0.3 is 25.7 Å². The molecular weight excluding hydrogens is 381 g/mol. The maximum Gasteiger partial charge on any atom is 0.191 e. The molecule has 0 saturated carbocycles. The normalized spacial score (nSPS) is 11.6. The Morgan fingerprint density at radius 1 is 1.10 bits per heavy atom. The van der Waals surface area contributed by atoms with E-state index in [1.54, 1.807) is 19.2 Å². The quantitative estimate of drug-likeness (QED) is 0.233. The summed E-state index contributed by atoms with van der Waals surface area (Å²) in [6.45, 7) is 5.58. The highest BCUT2D eigenvalue weighted by Gasteiger charge is 2.05. The van der Waals surface area contributed by atoms with Crippen molar-refractivity contribution in [3.8, 4) is 0 Å². The molecule has 0 saturated heterocycles. The van der Waals surface area contributed by atoms with Gasteiger partial charge in [-0.2, -0.15) is 0 Å². The van der Waals surface area contributed by atoms with E-state index in [2.05, 4.69) is 50.2 Å². The van der Waals surface area contributed by atoms with Crippen molar-refractivity contribution >= 4 is 22.5 Å². The number of nitrogens with zero attached hydrogens (tertiary/aromatic N) is 1. The molecule has 3 rings (SSSR count). The highest BCUT2D eigenvalue weighted by atomic mass is 19.1. The second-order valence-corrected chi connectivity index (χ2v) is 6.99. The van der Waals surface area contributed by atoms with Gasteiger partial charge in [0.15, 0.2) is 5.96 Å². The SMILES string of the molecule is CCNC(=NCc1ccc(NCCOC)cc1)NCCc1c[nH]c2ccc(F)cc12. The number of anilines is 1. The van der Waals surface area contributed by atoms with Gasteiger partial charge in [-0.3, -0.25) is 0 Å². The van der Waals surface area contributed by atoms with Crippen molar-refractivity contribution in [3.05, 3.63) is 65.6 Å². The van der Waals surface area contributed by atoms with Gasteiger partial charge in [-0.25, -0.2) is 9.38 Å². The molecular formula is C23H30FN5O. The van der Waals surface area contributed by atoms with Crippen molar-refractivity contribution in [2.75, 3.05) is 38.7 Å². The lowest BCUT2D eigenvalue weighted by Crippen LogP contribution is -2.38. The number of guanidine groups is 1. The van der Waals surface area contributed by atoms with E-state index in [0.717, 1.165) is 53.2 Å². The van der Waals surface area contributed by atoms with E-state index in [9.17, 15) is 4.39 Å². The van der Waals surface area contributed by atoms with E-state index in [4.69, 9.17) is 4.74 Å². The summed E-state index contributed by atoms with van der Waals surface area (Å²) in [6, 6.07) is 13.1. The molecule has 30 heavy (non-hydrogen) atoms. The van der Waals surface area contributed by atoms with Gasteiger partial charge in [-0.15, -0.1) is 0 Å². The molecule has 0 radical (unpaired) electrons. The average Bonchev–Trinajstić information content (AvgIpc) is 3.15. The number of aliphatic imine (C=N–C) groups is 1. The molecule has 1 aromatic heterocycles. The maximum atomic E-state index is 13.5. The Labute approximate surface area is 176 Å². The molecule has 0 amide bonds. The van der Waals surface area contributed by atoms with Crippen LogP contribution in [0.4, 0.5) is 10.1 Å². The first-order valence-corrected chi connectivity index (χ1v) is 10.3. The summed E-state index contributed by atoms with van der Waals surface area (Å²) in [6.07, 6.45) is 2.72. The Balaban J connectivity index is 1.53. The zero-order valence-corrected chi connectivity index (χ0v) is 17.6. The molecule has 0 aliphatic heterocycles. The molecule has 0 spiro atoms. The minimum Gasteiger partial charge on any atom is -0.383 e. The smallest absolute Gasteiger partial charge is 0.191 e. The number of halogens is 1. The number of H-pyrrole nitrogens is 1. The van der Waals surface area contributed by atoms with E-state index in [-0.39, 0.29) is 5.82 Å². The Bertz CT molecular complexity index is 952. The number of rotatable bonds is 10. The second kappa shape index (κ2) is 11.2. The summed E-state index contributed by atoms with van der Waals surface area (Å²) in [4.78, 5) is 7.86. The molecule has 4 N–H and O–H groups in total. The standard InChI is InChI=1S/C23H30FN5O/c1-3-25-23(29-15-17-4-7-20(8-5-17)26-12-13-30-2)27-11-10-18-16-28-22-9-6-19(24)14-21(18)22/h4-9,14,16,26,28H,3,10-13,15H2,1-2H3,(H2,25,27,29). The molecule has 0 aliphatic carbocycles. The third kappa shape index (κ3) is 6.22. The highest BCUT2D eigenvalue weighted by molar-refractivity contribution is 5.83. The molecule has 7 heteroatoms. The third-order valence-corrected chi connectivity index (χ3v) is 4.77. The van der Waals surface area contributed by atoms with Gasteiger partial charge in [0.1, 0.15) is 5.82 Å². The zero-order chi connectivity index (χ0) is 21.2. The second-order valence-electron chi connectivity index (χ2n) is 6.99. The number of fused-ring (bicyclic) bond motifs is 1. The molecule has 0 atom stereocenters. The third-order valence-electron chi connectivity index (χ3n) is 4.77. The lowest BCUT2D eigenvalue weighted by Gasteiger charge is -2.11. The summed E-state index contributed by atoms with van der Waals surface area (Å²) >= 11 is 0. The Morgan fingerprint density at radius 3 is 2.70 bits per heavy atom. The summed E-state index contributed by atoms with van der Waals surface area (Å²) in [5.41, 5.74) is 4.24. The molecule has 1 heterocycles. The number of ether oxygens (including phenoxy) is 1. The Kier molecular flexibility index (Phi) is 8.09. The van der Waals surface area contributed by atoms with Crippen molar-refractivity contribution in [2.45, 2.75) is 19.9 Å². The summed E-state index contributed by atoms with van der Waals surface area (Å²) in [7, 11) is 1.69. The van der Waals surface area contributed by atoms with Crippen LogP contribution in [0.2, 0.25) is 0 Å². The van der Waals surface area contributed by atoms with E-state index < -0.39 is 0 Å². The molecule has 0 unspecified atom stereocenters. The summed E-state index contributed by atoms with van der Waals surface area (Å²) in [5.74, 6) is 0.553. The minimum absolute atomic E-state index is 0.217. The van der Waals surface area contributed by atoms with Crippen molar-refractivity contribution in [1.82, 2.24) is 15.6 Å². The first-order chi connectivity index (χ1) is 14.7. The number of aromatic amines is 1. The van der Waals surface area contributed by atoms with Crippen LogP contribution in [0.5, 0.6) is 0 Å². The topological polar surface area (TPSA) is 73.5 Å². The lowest BCUT2D eigenvalue weighted by atomic mass is 10.1. The van der Waals surface area contributed by atoms with Crippen LogP contribution in [0.15, 0.2) is 53.7 Å². The lowest BCUT2D eigenvalue weighted by molar-refractivity contribution is 0.211. The fourth-order valence-electron chi connectivity index (χ4n) is 3.21. The van der Waals surface area contributed by atoms with Crippen LogP contribution >= 0.6 is 0 Å². The fraction of sp³-hybridized carbons (Fsp3) is 0.348. The first-order valence-electron chi connectivity index (χ1n) is 10.3. The van der Waals surface area contributed by atoms with Crippen LogP contribution in [-0.2, 0) is 17.7 Å². The maximum absolute atomic E-state index is 13.5. The number of hydrogen-bond donors (Lipinski definition) is 4. The molecule has 2 aromatic carbocycles. The van der Waals surface area contributed by atoms with Gasteiger partial charge in [0.2, 0.25) is 0 Å². The van der Waals surface area contributed by atoms with Gasteiger partial charge in [-0.1, -0.05) is 12.1 Å². The van der Waals surface area contributed by atoms with Crippen LogP contribution in [0.3, 0.4) is 0 Å².